The highest BCUT2D eigenvalue weighted by Gasteiger charge is 2.53. The van der Waals surface area contributed by atoms with Crippen LogP contribution in [0.1, 0.15) is 78.1 Å². The third kappa shape index (κ3) is 5.44. The van der Waals surface area contributed by atoms with Crippen molar-refractivity contribution >= 4 is 28.4 Å². The van der Waals surface area contributed by atoms with E-state index in [-0.39, 0.29) is 29.8 Å². The maximum Gasteiger partial charge on any atom is 0.407 e. The summed E-state index contributed by atoms with van der Waals surface area (Å²) in [5, 5.41) is 27.8. The van der Waals surface area contributed by atoms with Gasteiger partial charge < -0.3 is 29.3 Å². The van der Waals surface area contributed by atoms with Crippen LogP contribution < -0.4 is 4.74 Å². The Labute approximate surface area is 325 Å². The molecule has 2 N–H and O–H groups in total. The van der Waals surface area contributed by atoms with Crippen molar-refractivity contribution in [2.45, 2.75) is 76.6 Å². The molecule has 3 aromatic carbocycles. The number of aliphatic hydroxyl groups is 1. The first kappa shape index (κ1) is 34.8. The van der Waals surface area contributed by atoms with Gasteiger partial charge in [-0.05, 0) is 104 Å². The first-order chi connectivity index (χ1) is 27.0. The van der Waals surface area contributed by atoms with Crippen LogP contribution in [0.25, 0.3) is 38.9 Å². The zero-order valence-corrected chi connectivity index (χ0v) is 32.3. The Kier molecular flexibility index (Phi) is 7.91. The second-order valence-corrected chi connectivity index (χ2v) is 17.0. The molecule has 4 heterocycles. The average Bonchev–Trinajstić information content (AvgIpc) is 3.43. The number of pyridine rings is 1. The second-order valence-electron chi connectivity index (χ2n) is 17.0. The highest BCUT2D eigenvalue weighted by molar-refractivity contribution is 5.96. The fourth-order valence-corrected chi connectivity index (χ4v) is 10.2. The molecule has 56 heavy (non-hydrogen) atoms. The molecule has 10 heteroatoms. The van der Waals surface area contributed by atoms with Gasteiger partial charge in [-0.1, -0.05) is 60.7 Å². The molecular weight excluding hydrogens is 703 g/mol. The van der Waals surface area contributed by atoms with E-state index in [1.807, 2.05) is 55.1 Å². The number of carboxylic acid groups (broad SMARTS) is 1. The van der Waals surface area contributed by atoms with Gasteiger partial charge in [-0.15, -0.1) is 0 Å². The number of ether oxygens (including phenoxy) is 1. The lowest BCUT2D eigenvalue weighted by atomic mass is 9.94. The molecule has 6 aromatic rings. The SMILES string of the molecule is COc1cc(C(=O)N2CC3CCC2[C@@H]3N(CC2c3ccccc3-c3ccccc32)C(=O)O)cn2nc(-c3cc4ccc(C(C)(C)O)cc4n3CC3CC3)c(C)c12. The monoisotopic (exact) mass is 749 g/mol. The van der Waals surface area contributed by atoms with Crippen molar-refractivity contribution in [1.82, 2.24) is 24.0 Å². The number of hydrogen-bond donors (Lipinski definition) is 2. The van der Waals surface area contributed by atoms with Gasteiger partial charge >= 0.3 is 6.09 Å². The predicted molar refractivity (Wildman–Crippen MR) is 215 cm³/mol. The smallest absolute Gasteiger partial charge is 0.407 e. The van der Waals surface area contributed by atoms with Gasteiger partial charge in [0.2, 0.25) is 0 Å². The second kappa shape index (κ2) is 12.7. The molecule has 3 fully saturated rings. The van der Waals surface area contributed by atoms with Gasteiger partial charge in [-0.25, -0.2) is 9.31 Å². The first-order valence-corrected chi connectivity index (χ1v) is 19.9. The van der Waals surface area contributed by atoms with Gasteiger partial charge in [-0.2, -0.15) is 5.10 Å². The van der Waals surface area contributed by atoms with Gasteiger partial charge in [0.25, 0.3) is 5.91 Å². The van der Waals surface area contributed by atoms with Gasteiger partial charge in [0.15, 0.2) is 0 Å². The van der Waals surface area contributed by atoms with E-state index in [4.69, 9.17) is 9.84 Å². The molecule has 2 amide bonds. The number of carbonyl (C=O) groups is 2. The molecule has 10 nitrogen and oxygen atoms in total. The summed E-state index contributed by atoms with van der Waals surface area (Å²) >= 11 is 0. The predicted octanol–water partition coefficient (Wildman–Crippen LogP) is 8.31. The van der Waals surface area contributed by atoms with E-state index < -0.39 is 11.7 Å². The number of benzene rings is 3. The molecule has 10 rings (SSSR count). The maximum absolute atomic E-state index is 14.6. The number of hydrogen-bond acceptors (Lipinski definition) is 5. The molecule has 3 atom stereocenters. The number of nitrogens with zero attached hydrogens (tertiary/aromatic N) is 5. The Bertz CT molecular complexity index is 2530. The zero-order valence-electron chi connectivity index (χ0n) is 32.3. The Hall–Kier alpha value is -5.61. The van der Waals surface area contributed by atoms with E-state index >= 15 is 0 Å². The lowest BCUT2D eigenvalue weighted by Crippen LogP contribution is -2.49. The largest absolute Gasteiger partial charge is 0.494 e. The molecule has 0 radical (unpaired) electrons. The van der Waals surface area contributed by atoms with Crippen LogP contribution in [0, 0.1) is 18.8 Å². The lowest BCUT2D eigenvalue weighted by Gasteiger charge is -2.33. The number of aryl methyl sites for hydroxylation is 1. The Morgan fingerprint density at radius 3 is 2.32 bits per heavy atom. The Morgan fingerprint density at radius 1 is 0.946 bits per heavy atom. The van der Waals surface area contributed by atoms with E-state index in [0.29, 0.717) is 30.3 Å². The van der Waals surface area contributed by atoms with E-state index in [1.165, 1.54) is 12.8 Å². The van der Waals surface area contributed by atoms with Crippen molar-refractivity contribution < 1.29 is 24.5 Å². The van der Waals surface area contributed by atoms with Crippen LogP contribution in [0.3, 0.4) is 0 Å². The number of carbonyl (C=O) groups excluding carboxylic acids is 1. The number of methoxy groups -OCH3 is 1. The number of rotatable bonds is 9. The van der Waals surface area contributed by atoms with Crippen LogP contribution in [0.5, 0.6) is 5.75 Å². The van der Waals surface area contributed by atoms with E-state index in [9.17, 15) is 19.8 Å². The number of amides is 2. The summed E-state index contributed by atoms with van der Waals surface area (Å²) in [4.78, 5) is 31.2. The molecule has 0 spiro atoms. The van der Waals surface area contributed by atoms with Crippen LogP contribution in [-0.4, -0.2) is 78.5 Å². The highest BCUT2D eigenvalue weighted by Crippen LogP contribution is 2.48. The molecule has 3 aliphatic carbocycles. The fraction of sp³-hybridized carbons (Fsp3) is 0.370. The van der Waals surface area contributed by atoms with E-state index in [0.717, 1.165) is 80.6 Å². The Morgan fingerprint density at radius 2 is 1.66 bits per heavy atom. The summed E-state index contributed by atoms with van der Waals surface area (Å²) in [6.07, 6.45) is 4.89. The van der Waals surface area contributed by atoms with Crippen LogP contribution in [0.15, 0.2) is 85.1 Å². The normalized spacial score (nSPS) is 20.2. The molecule has 2 bridgehead atoms. The quantitative estimate of drug-likeness (QED) is 0.154. The van der Waals surface area contributed by atoms with Gasteiger partial charge in [0.05, 0.1) is 36.1 Å². The van der Waals surface area contributed by atoms with Gasteiger partial charge in [0.1, 0.15) is 17.0 Å². The molecule has 1 aliphatic heterocycles. The molecular formula is C46H47N5O5. The van der Waals surface area contributed by atoms with Crippen molar-refractivity contribution in [3.8, 4) is 28.3 Å². The summed E-state index contributed by atoms with van der Waals surface area (Å²) in [5.41, 5.74) is 9.63. The number of aromatic nitrogens is 3. The third-order valence-electron chi connectivity index (χ3n) is 13.1. The van der Waals surface area contributed by atoms with Crippen molar-refractivity contribution in [2.24, 2.45) is 11.8 Å². The minimum Gasteiger partial charge on any atom is -0.494 e. The van der Waals surface area contributed by atoms with Gasteiger partial charge in [0, 0.05) is 48.2 Å². The molecule has 286 valence electrons. The lowest BCUT2D eigenvalue weighted by molar-refractivity contribution is 0.0665. The van der Waals surface area contributed by atoms with Crippen LogP contribution >= 0.6 is 0 Å². The molecule has 3 aromatic heterocycles. The minimum atomic E-state index is -0.965. The number of fused-ring (bicyclic) bond motifs is 7. The average molecular weight is 750 g/mol. The summed E-state index contributed by atoms with van der Waals surface area (Å²) in [7, 11) is 1.62. The van der Waals surface area contributed by atoms with Crippen molar-refractivity contribution in [1.29, 1.82) is 0 Å². The summed E-state index contributed by atoms with van der Waals surface area (Å²) < 4.78 is 10.1. The third-order valence-corrected chi connectivity index (χ3v) is 13.1. The van der Waals surface area contributed by atoms with Crippen molar-refractivity contribution in [3.63, 3.8) is 0 Å². The molecule has 4 aliphatic rings. The molecule has 1 saturated heterocycles. The number of likely N-dealkylation sites (tertiary alicyclic amines) is 1. The minimum absolute atomic E-state index is 0.0569. The van der Waals surface area contributed by atoms with E-state index in [1.54, 1.807) is 22.7 Å². The van der Waals surface area contributed by atoms with Crippen LogP contribution in [-0.2, 0) is 12.1 Å². The number of piperidine rings is 1. The first-order valence-electron chi connectivity index (χ1n) is 19.9. The summed E-state index contributed by atoms with van der Waals surface area (Å²) in [6, 6.07) is 26.2. The van der Waals surface area contributed by atoms with Crippen molar-refractivity contribution in [2.75, 3.05) is 20.2 Å². The summed E-state index contributed by atoms with van der Waals surface area (Å²) in [6.45, 7) is 7.39. The van der Waals surface area contributed by atoms with Gasteiger partial charge in [-0.3, -0.25) is 4.79 Å². The summed E-state index contributed by atoms with van der Waals surface area (Å²) in [5.74, 6) is 1.01. The molecule has 2 unspecified atom stereocenters. The molecule has 2 saturated carbocycles. The maximum atomic E-state index is 14.6. The fourth-order valence-electron chi connectivity index (χ4n) is 10.2. The van der Waals surface area contributed by atoms with Crippen LogP contribution in [0.2, 0.25) is 0 Å². The zero-order chi connectivity index (χ0) is 38.6. The standard InChI is InChI=1S/C46H47N5O5/c1-26-41(39-19-28-15-17-31(46(2,3)55)21-38(28)48(39)22-27-13-14-27)47-51-24-30(20-40(56-4)42(26)51)44(52)49-23-29-16-18-37(49)43(29)50(45(53)54)25-36-34-11-7-5-9-32(34)33-10-6-8-12-35(33)36/h5-12,15,17,19-21,24,27,29,36-37,43,55H,13-14,16,18,22-23,25H2,1-4H3,(H,53,54)/t29?,37?,43-/m1/s1. The van der Waals surface area contributed by atoms with Crippen molar-refractivity contribution in [3.05, 3.63) is 113 Å². The van der Waals surface area contributed by atoms with Crippen LogP contribution in [0.4, 0.5) is 4.79 Å². The topological polar surface area (TPSA) is 113 Å². The Balaban J connectivity index is 0.980. The van der Waals surface area contributed by atoms with E-state index in [2.05, 4.69) is 54.0 Å². The highest BCUT2D eigenvalue weighted by atomic mass is 16.5.